The van der Waals surface area contributed by atoms with Gasteiger partial charge in [0.05, 0.1) is 25.5 Å². The summed E-state index contributed by atoms with van der Waals surface area (Å²) in [4.78, 5) is 15.4. The van der Waals surface area contributed by atoms with Crippen LogP contribution in [0.4, 0.5) is 0 Å². The number of ether oxygens (including phenoxy) is 2. The van der Waals surface area contributed by atoms with E-state index < -0.39 is 5.91 Å². The van der Waals surface area contributed by atoms with E-state index in [1.165, 1.54) is 0 Å². The van der Waals surface area contributed by atoms with Crippen LogP contribution in [0.1, 0.15) is 29.5 Å². The number of amides is 1. The monoisotopic (exact) mass is 253 g/mol. The lowest BCUT2D eigenvalue weighted by Gasteiger charge is -2.06. The zero-order valence-corrected chi connectivity index (χ0v) is 10.5. The Balaban J connectivity index is 2.32. The fraction of sp³-hybridized carbons (Fsp3) is 0.500. The average molecular weight is 253 g/mol. The maximum atomic E-state index is 11.3. The third-order valence-corrected chi connectivity index (χ3v) is 2.14. The number of carbonyl (C=O) groups excluding carboxylic acids is 1. The summed E-state index contributed by atoms with van der Waals surface area (Å²) in [6.07, 6.45) is 0.998. The molecule has 1 aromatic heterocycles. The van der Waals surface area contributed by atoms with Gasteiger partial charge in [-0.1, -0.05) is 13.0 Å². The Kier molecular flexibility index (Phi) is 6.93. The summed E-state index contributed by atoms with van der Waals surface area (Å²) in [5, 5.41) is 0. The van der Waals surface area contributed by atoms with Crippen molar-refractivity contribution in [1.82, 2.24) is 10.4 Å². The lowest BCUT2D eigenvalue weighted by Crippen LogP contribution is -2.30. The van der Waals surface area contributed by atoms with Crippen LogP contribution in [0.3, 0.4) is 0 Å². The lowest BCUT2D eigenvalue weighted by molar-refractivity contribution is 0.0397. The topological polar surface area (TPSA) is 86.5 Å². The minimum atomic E-state index is -0.414. The molecular weight excluding hydrogens is 234 g/mol. The number of nitrogens with one attached hydrogen (secondary N) is 1. The summed E-state index contributed by atoms with van der Waals surface area (Å²) in [5.41, 5.74) is 3.00. The second-order valence-corrected chi connectivity index (χ2v) is 3.65. The van der Waals surface area contributed by atoms with E-state index in [1.54, 1.807) is 18.2 Å². The number of carbonyl (C=O) groups is 1. The molecule has 6 nitrogen and oxygen atoms in total. The van der Waals surface area contributed by atoms with Gasteiger partial charge in [0, 0.05) is 6.61 Å². The normalized spacial score (nSPS) is 10.3. The van der Waals surface area contributed by atoms with Crippen molar-refractivity contribution in [3.63, 3.8) is 0 Å². The van der Waals surface area contributed by atoms with Gasteiger partial charge in [-0.15, -0.1) is 0 Å². The average Bonchev–Trinajstić information content (AvgIpc) is 2.42. The molecule has 0 aliphatic heterocycles. The Labute approximate surface area is 106 Å². The minimum Gasteiger partial charge on any atom is -0.379 e. The van der Waals surface area contributed by atoms with Gasteiger partial charge in [-0.05, 0) is 18.6 Å². The molecule has 0 spiro atoms. The van der Waals surface area contributed by atoms with Crippen LogP contribution in [0, 0.1) is 0 Å². The van der Waals surface area contributed by atoms with Crippen molar-refractivity contribution in [3.8, 4) is 0 Å². The summed E-state index contributed by atoms with van der Waals surface area (Å²) in [6, 6.07) is 5.13. The third kappa shape index (κ3) is 5.22. The van der Waals surface area contributed by atoms with Crippen molar-refractivity contribution in [3.05, 3.63) is 29.6 Å². The number of rotatable bonds is 8. The van der Waals surface area contributed by atoms with Gasteiger partial charge in [-0.3, -0.25) is 10.2 Å². The molecule has 6 heteroatoms. The fourth-order valence-corrected chi connectivity index (χ4v) is 1.30. The van der Waals surface area contributed by atoms with Crippen molar-refractivity contribution in [2.45, 2.75) is 20.0 Å². The van der Waals surface area contributed by atoms with E-state index in [0.717, 1.165) is 13.0 Å². The molecule has 0 saturated carbocycles. The standard InChI is InChI=1S/C12H19N3O3/c1-2-6-17-7-8-18-9-10-4-3-5-11(14-10)12(16)15-13/h3-5H,2,6-9,13H2,1H3,(H,15,16). The molecule has 1 amide bonds. The molecule has 0 unspecified atom stereocenters. The molecule has 1 rings (SSSR count). The first kappa shape index (κ1) is 14.6. The Morgan fingerprint density at radius 3 is 2.83 bits per heavy atom. The maximum Gasteiger partial charge on any atom is 0.283 e. The van der Waals surface area contributed by atoms with Gasteiger partial charge >= 0.3 is 0 Å². The zero-order chi connectivity index (χ0) is 13.2. The van der Waals surface area contributed by atoms with Gasteiger partial charge in [0.2, 0.25) is 0 Å². The molecule has 18 heavy (non-hydrogen) atoms. The number of nitrogens with zero attached hydrogens (tertiary/aromatic N) is 1. The first-order valence-electron chi connectivity index (χ1n) is 5.90. The number of hydrogen-bond acceptors (Lipinski definition) is 5. The summed E-state index contributed by atoms with van der Waals surface area (Å²) >= 11 is 0. The molecule has 0 atom stereocenters. The van der Waals surface area contributed by atoms with Gasteiger partial charge in [0.25, 0.3) is 5.91 Å². The third-order valence-electron chi connectivity index (χ3n) is 2.14. The number of pyridine rings is 1. The van der Waals surface area contributed by atoms with Crippen molar-refractivity contribution in [1.29, 1.82) is 0 Å². The molecule has 0 saturated heterocycles. The maximum absolute atomic E-state index is 11.3. The van der Waals surface area contributed by atoms with Crippen LogP contribution in [-0.2, 0) is 16.1 Å². The van der Waals surface area contributed by atoms with Crippen LogP contribution in [0.25, 0.3) is 0 Å². The SMILES string of the molecule is CCCOCCOCc1cccc(C(=O)NN)n1. The van der Waals surface area contributed by atoms with E-state index in [-0.39, 0.29) is 5.69 Å². The number of aromatic nitrogens is 1. The van der Waals surface area contributed by atoms with Gasteiger partial charge in [-0.25, -0.2) is 10.8 Å². The molecule has 1 heterocycles. The number of hydrazine groups is 1. The molecule has 0 radical (unpaired) electrons. The van der Waals surface area contributed by atoms with E-state index in [2.05, 4.69) is 11.9 Å². The second kappa shape index (κ2) is 8.57. The predicted molar refractivity (Wildman–Crippen MR) is 66.7 cm³/mol. The van der Waals surface area contributed by atoms with Crippen LogP contribution < -0.4 is 11.3 Å². The highest BCUT2D eigenvalue weighted by Gasteiger charge is 2.05. The van der Waals surface area contributed by atoms with Gasteiger partial charge in [0.1, 0.15) is 5.69 Å². The second-order valence-electron chi connectivity index (χ2n) is 3.65. The van der Waals surface area contributed by atoms with Crippen LogP contribution in [0.2, 0.25) is 0 Å². The molecular formula is C12H19N3O3. The smallest absolute Gasteiger partial charge is 0.283 e. The van der Waals surface area contributed by atoms with E-state index in [4.69, 9.17) is 15.3 Å². The molecule has 0 bridgehead atoms. The minimum absolute atomic E-state index is 0.279. The molecule has 0 fully saturated rings. The highest BCUT2D eigenvalue weighted by molar-refractivity contribution is 5.91. The lowest BCUT2D eigenvalue weighted by atomic mass is 10.3. The van der Waals surface area contributed by atoms with Gasteiger partial charge in [0.15, 0.2) is 0 Å². The van der Waals surface area contributed by atoms with Crippen molar-refractivity contribution in [2.24, 2.45) is 5.84 Å². The summed E-state index contributed by atoms with van der Waals surface area (Å²) in [7, 11) is 0. The van der Waals surface area contributed by atoms with E-state index >= 15 is 0 Å². The summed E-state index contributed by atoms with van der Waals surface area (Å²) in [6.45, 7) is 4.22. The number of hydrogen-bond donors (Lipinski definition) is 2. The zero-order valence-electron chi connectivity index (χ0n) is 10.5. The Morgan fingerprint density at radius 2 is 2.11 bits per heavy atom. The number of nitrogens with two attached hydrogens (primary N) is 1. The first-order valence-corrected chi connectivity index (χ1v) is 5.90. The molecule has 0 aromatic carbocycles. The molecule has 1 aromatic rings. The highest BCUT2D eigenvalue weighted by atomic mass is 16.5. The van der Waals surface area contributed by atoms with Crippen molar-refractivity contribution >= 4 is 5.91 Å². The van der Waals surface area contributed by atoms with Gasteiger partial charge in [-0.2, -0.15) is 0 Å². The molecule has 3 N–H and O–H groups in total. The molecule has 100 valence electrons. The fourth-order valence-electron chi connectivity index (χ4n) is 1.30. The van der Waals surface area contributed by atoms with Crippen molar-refractivity contribution < 1.29 is 14.3 Å². The van der Waals surface area contributed by atoms with E-state index in [1.807, 2.05) is 5.43 Å². The Morgan fingerprint density at radius 1 is 1.33 bits per heavy atom. The quantitative estimate of drug-likeness (QED) is 0.307. The number of nitrogen functional groups attached to an aromatic ring is 1. The summed E-state index contributed by atoms with van der Waals surface area (Å²) in [5.74, 6) is 4.62. The van der Waals surface area contributed by atoms with Gasteiger partial charge < -0.3 is 9.47 Å². The van der Waals surface area contributed by atoms with Crippen LogP contribution >= 0.6 is 0 Å². The van der Waals surface area contributed by atoms with E-state index in [0.29, 0.717) is 25.5 Å². The largest absolute Gasteiger partial charge is 0.379 e. The van der Waals surface area contributed by atoms with Crippen molar-refractivity contribution in [2.75, 3.05) is 19.8 Å². The molecule has 0 aliphatic carbocycles. The van der Waals surface area contributed by atoms with Crippen LogP contribution in [-0.4, -0.2) is 30.7 Å². The highest BCUT2D eigenvalue weighted by Crippen LogP contribution is 2.01. The predicted octanol–water partition coefficient (Wildman–Crippen LogP) is 0.628. The van der Waals surface area contributed by atoms with Crippen LogP contribution in [0.15, 0.2) is 18.2 Å². The van der Waals surface area contributed by atoms with E-state index in [9.17, 15) is 4.79 Å². The Hall–Kier alpha value is -1.50. The Bertz CT molecular complexity index is 371. The van der Waals surface area contributed by atoms with Crippen LogP contribution in [0.5, 0.6) is 0 Å². The first-order chi connectivity index (χ1) is 8.77. The summed E-state index contributed by atoms with van der Waals surface area (Å²) < 4.78 is 10.7. The molecule has 0 aliphatic rings.